The van der Waals surface area contributed by atoms with Gasteiger partial charge in [-0.2, -0.15) is 0 Å². The molecule has 0 bridgehead atoms. The highest BCUT2D eigenvalue weighted by molar-refractivity contribution is 4.75. The minimum atomic E-state index is 1.23. The maximum atomic E-state index is 3.36. The zero-order chi connectivity index (χ0) is 11.5. The van der Waals surface area contributed by atoms with Crippen LogP contribution in [-0.4, -0.2) is 0 Å². The average Bonchev–Trinajstić information content (AvgIpc) is 2.22. The molecule has 0 aliphatic rings. The Hall–Kier alpha value is -0.520. The highest BCUT2D eigenvalue weighted by Gasteiger charge is 1.64. The molecule has 0 heteroatoms. The molecule has 0 unspecified atom stereocenters. The molecule has 82 valence electrons. The summed E-state index contributed by atoms with van der Waals surface area (Å²) in [5, 5.41) is 0. The zero-order valence-electron chi connectivity index (χ0n) is 10.9. The van der Waals surface area contributed by atoms with Crippen molar-refractivity contribution in [1.82, 2.24) is 0 Å². The summed E-state index contributed by atoms with van der Waals surface area (Å²) in [7, 11) is 0. The summed E-state index contributed by atoms with van der Waals surface area (Å²) in [6.07, 6.45) is 8.52. The van der Waals surface area contributed by atoms with Crippen LogP contribution in [0.1, 0.15) is 61.3 Å². The molecule has 0 fully saturated rings. The van der Waals surface area contributed by atoms with Crippen molar-refractivity contribution < 1.29 is 0 Å². The molecule has 0 spiro atoms. The van der Waals surface area contributed by atoms with Crippen LogP contribution in [0.2, 0.25) is 0 Å². The summed E-state index contributed by atoms with van der Waals surface area (Å²) in [5.74, 6) is 0. The minimum absolute atomic E-state index is 1.23. The first-order chi connectivity index (χ1) is 6.33. The van der Waals surface area contributed by atoms with Gasteiger partial charge in [0.2, 0.25) is 0 Å². The molecule has 0 aliphatic carbocycles. The molecule has 0 radical (unpaired) electrons. The van der Waals surface area contributed by atoms with Gasteiger partial charge in [0.1, 0.15) is 0 Å². The van der Waals surface area contributed by atoms with Gasteiger partial charge in [-0.05, 0) is 20.3 Å². The SMILES string of the molecule is C/C=C\CCC.C=CC.CC.CC. The van der Waals surface area contributed by atoms with Crippen molar-refractivity contribution in [2.75, 3.05) is 0 Å². The first kappa shape index (κ1) is 22.9. The van der Waals surface area contributed by atoms with Crippen LogP contribution in [0.25, 0.3) is 0 Å². The number of unbranched alkanes of at least 4 members (excludes halogenated alkanes) is 1. The van der Waals surface area contributed by atoms with E-state index in [9.17, 15) is 0 Å². The summed E-state index contributed by atoms with van der Waals surface area (Å²) < 4.78 is 0. The second-order valence-corrected chi connectivity index (χ2v) is 1.77. The van der Waals surface area contributed by atoms with Gasteiger partial charge in [-0.25, -0.2) is 0 Å². The average molecular weight is 186 g/mol. The van der Waals surface area contributed by atoms with E-state index >= 15 is 0 Å². The Balaban J connectivity index is -0.0000000493. The van der Waals surface area contributed by atoms with E-state index < -0.39 is 0 Å². The van der Waals surface area contributed by atoms with E-state index in [1.165, 1.54) is 12.8 Å². The summed E-state index contributed by atoms with van der Waals surface area (Å²) in [6.45, 7) is 17.5. The molecular weight excluding hydrogens is 156 g/mol. The van der Waals surface area contributed by atoms with Crippen LogP contribution in [0.4, 0.5) is 0 Å². The molecular formula is C13H30. The first-order valence-electron chi connectivity index (χ1n) is 5.51. The topological polar surface area (TPSA) is 0 Å². The molecule has 0 aliphatic heterocycles. The van der Waals surface area contributed by atoms with E-state index in [4.69, 9.17) is 0 Å². The van der Waals surface area contributed by atoms with Gasteiger partial charge in [0, 0.05) is 0 Å². The molecule has 0 saturated heterocycles. The molecule has 0 atom stereocenters. The number of rotatable bonds is 2. The summed E-state index contributed by atoms with van der Waals surface area (Å²) in [4.78, 5) is 0. The van der Waals surface area contributed by atoms with Crippen molar-refractivity contribution >= 4 is 0 Å². The normalized spacial score (nSPS) is 6.69. The Morgan fingerprint density at radius 3 is 1.38 bits per heavy atom. The third-order valence-corrected chi connectivity index (χ3v) is 0.691. The predicted octanol–water partition coefficient (Wildman–Crippen LogP) is 5.61. The molecule has 0 aromatic rings. The lowest BCUT2D eigenvalue weighted by Gasteiger charge is -1.76. The highest BCUT2D eigenvalue weighted by Crippen LogP contribution is 1.85. The van der Waals surface area contributed by atoms with Crippen LogP contribution in [0.3, 0.4) is 0 Å². The predicted molar refractivity (Wildman–Crippen MR) is 68.3 cm³/mol. The maximum Gasteiger partial charge on any atom is -0.0353 e. The van der Waals surface area contributed by atoms with Crippen LogP contribution >= 0.6 is 0 Å². The van der Waals surface area contributed by atoms with Gasteiger partial charge >= 0.3 is 0 Å². The number of hydrogen-bond donors (Lipinski definition) is 0. The Morgan fingerprint density at radius 1 is 1.00 bits per heavy atom. The van der Waals surface area contributed by atoms with E-state index in [1.807, 2.05) is 34.6 Å². The fourth-order valence-electron chi connectivity index (χ4n) is 0.333. The minimum Gasteiger partial charge on any atom is -0.103 e. The molecule has 0 amide bonds. The van der Waals surface area contributed by atoms with Crippen LogP contribution in [0.15, 0.2) is 24.8 Å². The van der Waals surface area contributed by atoms with Crippen LogP contribution in [0.5, 0.6) is 0 Å². The fourth-order valence-corrected chi connectivity index (χ4v) is 0.333. The highest BCUT2D eigenvalue weighted by atomic mass is 13.7. The van der Waals surface area contributed by atoms with Gasteiger partial charge in [0.15, 0.2) is 0 Å². The smallest absolute Gasteiger partial charge is 0.0353 e. The Morgan fingerprint density at radius 2 is 1.31 bits per heavy atom. The third kappa shape index (κ3) is 168. The van der Waals surface area contributed by atoms with Crippen molar-refractivity contribution in [1.29, 1.82) is 0 Å². The van der Waals surface area contributed by atoms with E-state index in [1.54, 1.807) is 6.08 Å². The summed E-state index contributed by atoms with van der Waals surface area (Å²) >= 11 is 0. The standard InChI is InChI=1S/C6H12.C3H6.2C2H6/c1-3-5-6-4-2;1-3-2;2*1-2/h3,5H,4,6H2,1-2H3;3H,1H2,2H3;2*1-2H3/b5-3-;;;. The van der Waals surface area contributed by atoms with E-state index in [0.29, 0.717) is 0 Å². The van der Waals surface area contributed by atoms with Gasteiger partial charge in [-0.15, -0.1) is 6.58 Å². The van der Waals surface area contributed by atoms with Gasteiger partial charge in [-0.1, -0.05) is 59.3 Å². The molecule has 0 saturated carbocycles. The first-order valence-corrected chi connectivity index (χ1v) is 5.51. The second kappa shape index (κ2) is 62.8. The molecule has 0 nitrogen and oxygen atoms in total. The van der Waals surface area contributed by atoms with Crippen molar-refractivity contribution in [2.24, 2.45) is 0 Å². The van der Waals surface area contributed by atoms with Crippen molar-refractivity contribution in [3.05, 3.63) is 24.8 Å². The third-order valence-electron chi connectivity index (χ3n) is 0.691. The van der Waals surface area contributed by atoms with E-state index in [-0.39, 0.29) is 0 Å². The molecule has 0 aromatic carbocycles. The largest absolute Gasteiger partial charge is 0.103 e. The summed E-state index contributed by atoms with van der Waals surface area (Å²) in [5.41, 5.74) is 0. The second-order valence-electron chi connectivity index (χ2n) is 1.77. The molecule has 0 N–H and O–H groups in total. The zero-order valence-corrected chi connectivity index (χ0v) is 10.9. The maximum absolute atomic E-state index is 3.36. The van der Waals surface area contributed by atoms with Gasteiger partial charge < -0.3 is 0 Å². The number of allylic oxidation sites excluding steroid dienone is 3. The Bertz CT molecular complexity index is 60.4. The van der Waals surface area contributed by atoms with E-state index in [0.717, 1.165) is 0 Å². The molecule has 13 heavy (non-hydrogen) atoms. The number of hydrogen-bond acceptors (Lipinski definition) is 0. The lowest BCUT2D eigenvalue weighted by molar-refractivity contribution is 0.957. The van der Waals surface area contributed by atoms with Crippen LogP contribution < -0.4 is 0 Å². The van der Waals surface area contributed by atoms with Gasteiger partial charge in [0.25, 0.3) is 0 Å². The van der Waals surface area contributed by atoms with Gasteiger partial charge in [-0.3, -0.25) is 0 Å². The Kier molecular flexibility index (Phi) is 111. The fraction of sp³-hybridized carbons (Fsp3) is 0.692. The molecule has 0 rings (SSSR count). The summed E-state index contributed by atoms with van der Waals surface area (Å²) in [6, 6.07) is 0. The van der Waals surface area contributed by atoms with Gasteiger partial charge in [0.05, 0.1) is 0 Å². The van der Waals surface area contributed by atoms with Crippen molar-refractivity contribution in [3.8, 4) is 0 Å². The van der Waals surface area contributed by atoms with Crippen LogP contribution in [-0.2, 0) is 0 Å². The Labute approximate surface area is 86.8 Å². The quantitative estimate of drug-likeness (QED) is 0.492. The van der Waals surface area contributed by atoms with Crippen molar-refractivity contribution in [3.63, 3.8) is 0 Å². The molecule has 0 heterocycles. The van der Waals surface area contributed by atoms with Crippen LogP contribution in [0, 0.1) is 0 Å². The monoisotopic (exact) mass is 186 g/mol. The lowest BCUT2D eigenvalue weighted by Crippen LogP contribution is -1.55. The lowest BCUT2D eigenvalue weighted by atomic mass is 10.3. The van der Waals surface area contributed by atoms with Crippen molar-refractivity contribution in [2.45, 2.75) is 61.3 Å². The van der Waals surface area contributed by atoms with E-state index in [2.05, 4.69) is 32.6 Å². The molecule has 0 aromatic heterocycles.